The van der Waals surface area contributed by atoms with Crippen molar-refractivity contribution >= 4 is 39.8 Å². The SMILES string of the molecule is CCCCCCCNc1nnc(SCc2ccccc2Cl)s1. The van der Waals surface area contributed by atoms with Gasteiger partial charge in [0.15, 0.2) is 4.34 Å². The molecule has 0 aliphatic carbocycles. The Balaban J connectivity index is 1.69. The van der Waals surface area contributed by atoms with Crippen molar-refractivity contribution in [1.29, 1.82) is 0 Å². The summed E-state index contributed by atoms with van der Waals surface area (Å²) in [4.78, 5) is 0. The van der Waals surface area contributed by atoms with Crippen molar-refractivity contribution in [3.05, 3.63) is 34.9 Å². The molecule has 0 saturated heterocycles. The molecule has 3 nitrogen and oxygen atoms in total. The van der Waals surface area contributed by atoms with E-state index in [0.717, 1.165) is 32.4 Å². The van der Waals surface area contributed by atoms with E-state index in [9.17, 15) is 0 Å². The van der Waals surface area contributed by atoms with E-state index < -0.39 is 0 Å². The van der Waals surface area contributed by atoms with Crippen LogP contribution in [0.15, 0.2) is 28.6 Å². The first-order valence-electron chi connectivity index (χ1n) is 7.73. The Kier molecular flexibility index (Phi) is 8.05. The number of halogens is 1. The van der Waals surface area contributed by atoms with Crippen molar-refractivity contribution in [2.24, 2.45) is 0 Å². The average molecular weight is 356 g/mol. The summed E-state index contributed by atoms with van der Waals surface area (Å²) in [7, 11) is 0. The number of rotatable bonds is 10. The summed E-state index contributed by atoms with van der Waals surface area (Å²) in [6, 6.07) is 7.92. The predicted octanol–water partition coefficient (Wildman–Crippen LogP) is 5.87. The topological polar surface area (TPSA) is 37.8 Å². The van der Waals surface area contributed by atoms with Crippen LogP contribution in [0.1, 0.15) is 44.6 Å². The van der Waals surface area contributed by atoms with Crippen LogP contribution in [0.3, 0.4) is 0 Å². The van der Waals surface area contributed by atoms with E-state index in [-0.39, 0.29) is 0 Å². The first kappa shape index (κ1) is 17.6. The average Bonchev–Trinajstić information content (AvgIpc) is 2.98. The number of aromatic nitrogens is 2. The molecule has 2 rings (SSSR count). The minimum absolute atomic E-state index is 0.810. The number of anilines is 1. The summed E-state index contributed by atoms with van der Waals surface area (Å²) in [5.41, 5.74) is 1.13. The third kappa shape index (κ3) is 6.15. The molecular formula is C16H22ClN3S2. The molecule has 1 N–H and O–H groups in total. The van der Waals surface area contributed by atoms with Gasteiger partial charge in [0.05, 0.1) is 0 Å². The zero-order valence-electron chi connectivity index (χ0n) is 12.8. The third-order valence-corrected chi connectivity index (χ3v) is 5.70. The molecule has 22 heavy (non-hydrogen) atoms. The third-order valence-electron chi connectivity index (χ3n) is 3.27. The number of nitrogens with one attached hydrogen (secondary N) is 1. The number of unbranched alkanes of at least 4 members (excludes halogenated alkanes) is 4. The van der Waals surface area contributed by atoms with E-state index >= 15 is 0 Å². The first-order chi connectivity index (χ1) is 10.8. The molecule has 1 aromatic heterocycles. The normalized spacial score (nSPS) is 10.8. The number of benzene rings is 1. The van der Waals surface area contributed by atoms with Crippen LogP contribution in [0.2, 0.25) is 5.02 Å². The minimum Gasteiger partial charge on any atom is -0.360 e. The van der Waals surface area contributed by atoms with Crippen molar-refractivity contribution < 1.29 is 0 Å². The lowest BCUT2D eigenvalue weighted by Gasteiger charge is -2.01. The Hall–Kier alpha value is -0.780. The van der Waals surface area contributed by atoms with Gasteiger partial charge in [0, 0.05) is 17.3 Å². The lowest BCUT2D eigenvalue weighted by Crippen LogP contribution is -2.00. The minimum atomic E-state index is 0.810. The fraction of sp³-hybridized carbons (Fsp3) is 0.500. The second-order valence-electron chi connectivity index (χ2n) is 5.09. The first-order valence-corrected chi connectivity index (χ1v) is 9.91. The maximum atomic E-state index is 6.16. The molecule has 0 bridgehead atoms. The van der Waals surface area contributed by atoms with Crippen molar-refractivity contribution in [1.82, 2.24) is 10.2 Å². The zero-order chi connectivity index (χ0) is 15.6. The quantitative estimate of drug-likeness (QED) is 0.427. The number of hydrogen-bond acceptors (Lipinski definition) is 5. The molecule has 2 aromatic rings. The van der Waals surface area contributed by atoms with E-state index in [1.165, 1.54) is 32.1 Å². The number of hydrogen-bond donors (Lipinski definition) is 1. The van der Waals surface area contributed by atoms with Crippen molar-refractivity contribution in [2.45, 2.75) is 49.1 Å². The summed E-state index contributed by atoms with van der Waals surface area (Å²) < 4.78 is 0.980. The van der Waals surface area contributed by atoms with Gasteiger partial charge in [-0.2, -0.15) is 0 Å². The number of thioether (sulfide) groups is 1. The van der Waals surface area contributed by atoms with Crippen LogP contribution in [0, 0.1) is 0 Å². The van der Waals surface area contributed by atoms with Crippen LogP contribution < -0.4 is 5.32 Å². The molecule has 0 amide bonds. The fourth-order valence-electron chi connectivity index (χ4n) is 2.02. The van der Waals surface area contributed by atoms with Gasteiger partial charge < -0.3 is 5.32 Å². The van der Waals surface area contributed by atoms with Crippen LogP contribution in [0.25, 0.3) is 0 Å². The van der Waals surface area contributed by atoms with E-state index in [2.05, 4.69) is 22.4 Å². The summed E-state index contributed by atoms with van der Waals surface area (Å²) >= 11 is 9.45. The van der Waals surface area contributed by atoms with E-state index in [4.69, 9.17) is 11.6 Å². The molecule has 0 saturated carbocycles. The molecule has 1 heterocycles. The lowest BCUT2D eigenvalue weighted by atomic mass is 10.1. The monoisotopic (exact) mass is 355 g/mol. The van der Waals surface area contributed by atoms with Crippen LogP contribution in [0.4, 0.5) is 5.13 Å². The van der Waals surface area contributed by atoms with Crippen LogP contribution in [-0.4, -0.2) is 16.7 Å². The molecule has 120 valence electrons. The van der Waals surface area contributed by atoms with Gasteiger partial charge in [0.2, 0.25) is 5.13 Å². The highest BCUT2D eigenvalue weighted by Crippen LogP contribution is 2.30. The largest absolute Gasteiger partial charge is 0.360 e. The zero-order valence-corrected chi connectivity index (χ0v) is 15.2. The highest BCUT2D eigenvalue weighted by Gasteiger charge is 2.06. The molecular weight excluding hydrogens is 334 g/mol. The summed E-state index contributed by atoms with van der Waals surface area (Å²) in [5.74, 6) is 0.825. The van der Waals surface area contributed by atoms with Crippen LogP contribution in [-0.2, 0) is 5.75 Å². The summed E-state index contributed by atoms with van der Waals surface area (Å²) in [6.07, 6.45) is 6.43. The maximum absolute atomic E-state index is 6.16. The molecule has 0 aliphatic rings. The van der Waals surface area contributed by atoms with Gasteiger partial charge >= 0.3 is 0 Å². The van der Waals surface area contributed by atoms with Crippen molar-refractivity contribution in [3.63, 3.8) is 0 Å². The number of nitrogens with zero attached hydrogens (tertiary/aromatic N) is 2. The Morgan fingerprint density at radius 1 is 1.14 bits per heavy atom. The smallest absolute Gasteiger partial charge is 0.206 e. The Bertz CT molecular complexity index is 560. The second kappa shape index (κ2) is 10.1. The maximum Gasteiger partial charge on any atom is 0.206 e. The lowest BCUT2D eigenvalue weighted by molar-refractivity contribution is 0.645. The molecule has 1 aromatic carbocycles. The van der Waals surface area contributed by atoms with E-state index in [1.807, 2.05) is 24.3 Å². The van der Waals surface area contributed by atoms with Crippen LogP contribution in [0.5, 0.6) is 0 Å². The molecule has 0 unspecified atom stereocenters. The van der Waals surface area contributed by atoms with Crippen molar-refractivity contribution in [2.75, 3.05) is 11.9 Å². The highest BCUT2D eigenvalue weighted by molar-refractivity contribution is 8.00. The van der Waals surface area contributed by atoms with Gasteiger partial charge in [-0.15, -0.1) is 10.2 Å². The van der Waals surface area contributed by atoms with Crippen molar-refractivity contribution in [3.8, 4) is 0 Å². The molecule has 0 aliphatic heterocycles. The van der Waals surface area contributed by atoms with Crippen LogP contribution >= 0.6 is 34.7 Å². The molecule has 0 atom stereocenters. The molecule has 0 radical (unpaired) electrons. The summed E-state index contributed by atoms with van der Waals surface area (Å²) in [5, 5.41) is 13.5. The standard InChI is InChI=1S/C16H22ClN3S2/c1-2-3-4-5-8-11-18-15-19-20-16(22-15)21-12-13-9-6-7-10-14(13)17/h6-7,9-10H,2-5,8,11-12H2,1H3,(H,18,19). The van der Waals surface area contributed by atoms with E-state index in [1.54, 1.807) is 23.1 Å². The molecule has 0 spiro atoms. The molecule has 0 fully saturated rings. The fourth-order valence-corrected chi connectivity index (χ4v) is 4.08. The van der Waals surface area contributed by atoms with Gasteiger partial charge in [0.1, 0.15) is 0 Å². The Morgan fingerprint density at radius 3 is 2.77 bits per heavy atom. The van der Waals surface area contributed by atoms with Gasteiger partial charge in [-0.1, -0.05) is 85.5 Å². The second-order valence-corrected chi connectivity index (χ2v) is 7.70. The van der Waals surface area contributed by atoms with E-state index in [0.29, 0.717) is 0 Å². The molecule has 6 heteroatoms. The Labute approximate surface area is 145 Å². The van der Waals surface area contributed by atoms with Gasteiger partial charge in [0.25, 0.3) is 0 Å². The predicted molar refractivity (Wildman–Crippen MR) is 98.2 cm³/mol. The van der Waals surface area contributed by atoms with Gasteiger partial charge in [-0.25, -0.2) is 0 Å². The Morgan fingerprint density at radius 2 is 1.95 bits per heavy atom. The van der Waals surface area contributed by atoms with Gasteiger partial charge in [-0.05, 0) is 18.1 Å². The highest BCUT2D eigenvalue weighted by atomic mass is 35.5. The van der Waals surface area contributed by atoms with Gasteiger partial charge in [-0.3, -0.25) is 0 Å². The summed E-state index contributed by atoms with van der Waals surface area (Å²) in [6.45, 7) is 3.22.